The van der Waals surface area contributed by atoms with Gasteiger partial charge in [-0.25, -0.2) is 4.98 Å². The molecule has 5 heteroatoms. The molecule has 0 spiro atoms. The highest BCUT2D eigenvalue weighted by Crippen LogP contribution is 2.29. The van der Waals surface area contributed by atoms with E-state index in [4.69, 9.17) is 11.6 Å². The average Bonchev–Trinajstić information content (AvgIpc) is 2.70. The van der Waals surface area contributed by atoms with Gasteiger partial charge in [0.05, 0.1) is 5.38 Å². The van der Waals surface area contributed by atoms with Crippen molar-refractivity contribution in [1.82, 2.24) is 9.36 Å². The molecule has 0 radical (unpaired) electrons. The lowest BCUT2D eigenvalue weighted by atomic mass is 9.94. The molecule has 0 saturated heterocycles. The second-order valence-corrected chi connectivity index (χ2v) is 5.02. The maximum absolute atomic E-state index is 6.31. The first-order valence-corrected chi connectivity index (χ1v) is 6.13. The number of alkyl halides is 1. The molecule has 1 aromatic heterocycles. The molecule has 78 valence electrons. The first-order chi connectivity index (χ1) is 6.79. The zero-order chi connectivity index (χ0) is 9.97. The number of nitrogens with zero attached hydrogens (tertiary/aromatic N) is 3. The maximum Gasteiger partial charge on any atom is 0.204 e. The summed E-state index contributed by atoms with van der Waals surface area (Å²) in [5, 5.41) is 1.24. The van der Waals surface area contributed by atoms with Crippen LogP contribution in [0.4, 0.5) is 5.13 Å². The standard InChI is InChI=1S/C9H14ClN3S/c1-13(9-11-6-12-14-9)8-5-3-2-4-7(8)10/h6-8H,2-5H2,1H3. The summed E-state index contributed by atoms with van der Waals surface area (Å²) >= 11 is 7.74. The van der Waals surface area contributed by atoms with E-state index >= 15 is 0 Å². The van der Waals surface area contributed by atoms with Crippen molar-refractivity contribution < 1.29 is 0 Å². The Morgan fingerprint density at radius 2 is 2.29 bits per heavy atom. The molecule has 2 unspecified atom stereocenters. The van der Waals surface area contributed by atoms with Crippen LogP contribution in [-0.2, 0) is 0 Å². The molecule has 2 rings (SSSR count). The van der Waals surface area contributed by atoms with Crippen LogP contribution in [-0.4, -0.2) is 27.8 Å². The number of rotatable bonds is 2. The fraction of sp³-hybridized carbons (Fsp3) is 0.778. The van der Waals surface area contributed by atoms with E-state index in [1.54, 1.807) is 6.33 Å². The molecule has 1 heterocycles. The zero-order valence-electron chi connectivity index (χ0n) is 8.19. The Balaban J connectivity index is 2.06. The molecule has 1 saturated carbocycles. The summed E-state index contributed by atoms with van der Waals surface area (Å²) in [5.74, 6) is 0. The van der Waals surface area contributed by atoms with Gasteiger partial charge in [-0.15, -0.1) is 11.6 Å². The van der Waals surface area contributed by atoms with Gasteiger partial charge in [-0.3, -0.25) is 0 Å². The third kappa shape index (κ3) is 2.01. The monoisotopic (exact) mass is 231 g/mol. The Hall–Kier alpha value is -0.350. The largest absolute Gasteiger partial charge is 0.345 e. The summed E-state index contributed by atoms with van der Waals surface area (Å²) in [5.41, 5.74) is 0. The number of hydrogen-bond acceptors (Lipinski definition) is 4. The van der Waals surface area contributed by atoms with Crippen LogP contribution in [0.3, 0.4) is 0 Å². The molecule has 0 aliphatic heterocycles. The van der Waals surface area contributed by atoms with Gasteiger partial charge in [0.2, 0.25) is 5.13 Å². The summed E-state index contributed by atoms with van der Waals surface area (Å²) in [6, 6.07) is 0.429. The topological polar surface area (TPSA) is 29.0 Å². The lowest BCUT2D eigenvalue weighted by Crippen LogP contribution is -2.40. The smallest absolute Gasteiger partial charge is 0.204 e. The van der Waals surface area contributed by atoms with E-state index in [2.05, 4.69) is 21.3 Å². The minimum atomic E-state index is 0.262. The van der Waals surface area contributed by atoms with Crippen LogP contribution in [0.25, 0.3) is 0 Å². The molecule has 1 aromatic rings. The van der Waals surface area contributed by atoms with Crippen LogP contribution in [0.2, 0.25) is 0 Å². The Morgan fingerprint density at radius 3 is 2.93 bits per heavy atom. The number of anilines is 1. The van der Waals surface area contributed by atoms with Crippen molar-refractivity contribution in [1.29, 1.82) is 0 Å². The van der Waals surface area contributed by atoms with E-state index in [9.17, 15) is 0 Å². The molecule has 14 heavy (non-hydrogen) atoms. The summed E-state index contributed by atoms with van der Waals surface area (Å²) in [6.45, 7) is 0. The summed E-state index contributed by atoms with van der Waals surface area (Å²) in [4.78, 5) is 6.38. The fourth-order valence-corrected chi connectivity index (χ4v) is 2.96. The molecular formula is C9H14ClN3S. The molecule has 1 fully saturated rings. The van der Waals surface area contributed by atoms with Crippen LogP contribution in [0.15, 0.2) is 6.33 Å². The highest BCUT2D eigenvalue weighted by atomic mass is 35.5. The lowest BCUT2D eigenvalue weighted by Gasteiger charge is -2.34. The van der Waals surface area contributed by atoms with Crippen LogP contribution < -0.4 is 4.90 Å². The van der Waals surface area contributed by atoms with Crippen molar-refractivity contribution in [3.8, 4) is 0 Å². The van der Waals surface area contributed by atoms with Crippen molar-refractivity contribution in [2.45, 2.75) is 37.1 Å². The van der Waals surface area contributed by atoms with Crippen LogP contribution in [0, 0.1) is 0 Å². The first-order valence-electron chi connectivity index (χ1n) is 4.92. The third-order valence-electron chi connectivity index (χ3n) is 2.80. The lowest BCUT2D eigenvalue weighted by molar-refractivity contribution is 0.434. The van der Waals surface area contributed by atoms with Crippen LogP contribution in [0.1, 0.15) is 25.7 Å². The number of halogens is 1. The van der Waals surface area contributed by atoms with E-state index in [0.29, 0.717) is 6.04 Å². The summed E-state index contributed by atoms with van der Waals surface area (Å²) in [7, 11) is 2.06. The van der Waals surface area contributed by atoms with E-state index in [0.717, 1.165) is 11.6 Å². The van der Waals surface area contributed by atoms with Crippen LogP contribution >= 0.6 is 23.1 Å². The zero-order valence-corrected chi connectivity index (χ0v) is 9.76. The molecule has 0 amide bonds. The van der Waals surface area contributed by atoms with Gasteiger partial charge in [-0.1, -0.05) is 12.8 Å². The molecule has 0 bridgehead atoms. The highest BCUT2D eigenvalue weighted by molar-refractivity contribution is 7.09. The minimum absolute atomic E-state index is 0.262. The van der Waals surface area contributed by atoms with Gasteiger partial charge in [0.1, 0.15) is 6.33 Å². The van der Waals surface area contributed by atoms with Crippen molar-refractivity contribution >= 4 is 28.3 Å². The van der Waals surface area contributed by atoms with E-state index < -0.39 is 0 Å². The SMILES string of the molecule is CN(c1ncns1)C1CCCCC1Cl. The number of aromatic nitrogens is 2. The Morgan fingerprint density at radius 1 is 1.50 bits per heavy atom. The van der Waals surface area contributed by atoms with Crippen molar-refractivity contribution in [2.24, 2.45) is 0 Å². The van der Waals surface area contributed by atoms with Gasteiger partial charge >= 0.3 is 0 Å². The molecule has 0 aromatic carbocycles. The van der Waals surface area contributed by atoms with Gasteiger partial charge < -0.3 is 4.90 Å². The normalized spacial score (nSPS) is 27.6. The van der Waals surface area contributed by atoms with Crippen LogP contribution in [0.5, 0.6) is 0 Å². The van der Waals surface area contributed by atoms with Gasteiger partial charge in [0.15, 0.2) is 0 Å². The number of hydrogen-bond donors (Lipinski definition) is 0. The molecule has 1 aliphatic rings. The first kappa shape index (κ1) is 10.2. The summed E-state index contributed by atoms with van der Waals surface area (Å²) in [6.07, 6.45) is 6.42. The van der Waals surface area contributed by atoms with E-state index in [-0.39, 0.29) is 5.38 Å². The molecule has 3 nitrogen and oxygen atoms in total. The quantitative estimate of drug-likeness (QED) is 0.733. The molecule has 1 aliphatic carbocycles. The van der Waals surface area contributed by atoms with Crippen molar-refractivity contribution in [2.75, 3.05) is 11.9 Å². The van der Waals surface area contributed by atoms with Gasteiger partial charge in [0, 0.05) is 24.6 Å². The predicted octanol–water partition coefficient (Wildman–Crippen LogP) is 2.52. The maximum atomic E-state index is 6.31. The van der Waals surface area contributed by atoms with E-state index in [1.807, 2.05) is 0 Å². The Kier molecular flexibility index (Phi) is 3.23. The Bertz CT molecular complexity index is 278. The summed E-state index contributed by atoms with van der Waals surface area (Å²) < 4.78 is 4.01. The predicted molar refractivity (Wildman–Crippen MR) is 60.2 cm³/mol. The molecule has 0 N–H and O–H groups in total. The fourth-order valence-electron chi connectivity index (χ4n) is 1.97. The second kappa shape index (κ2) is 4.45. The Labute approximate surface area is 93.3 Å². The van der Waals surface area contributed by atoms with Gasteiger partial charge in [-0.2, -0.15) is 4.37 Å². The molecule has 2 atom stereocenters. The van der Waals surface area contributed by atoms with Gasteiger partial charge in [-0.05, 0) is 12.8 Å². The average molecular weight is 232 g/mol. The van der Waals surface area contributed by atoms with Gasteiger partial charge in [0.25, 0.3) is 0 Å². The molecular weight excluding hydrogens is 218 g/mol. The highest BCUT2D eigenvalue weighted by Gasteiger charge is 2.27. The van der Waals surface area contributed by atoms with Crippen molar-refractivity contribution in [3.63, 3.8) is 0 Å². The minimum Gasteiger partial charge on any atom is -0.345 e. The van der Waals surface area contributed by atoms with E-state index in [1.165, 1.54) is 30.8 Å². The second-order valence-electron chi connectivity index (χ2n) is 3.70. The third-order valence-corrected chi connectivity index (χ3v) is 4.06. The van der Waals surface area contributed by atoms with Crippen molar-refractivity contribution in [3.05, 3.63) is 6.33 Å².